The molecule has 30 heavy (non-hydrogen) atoms. The van der Waals surface area contributed by atoms with Crippen molar-refractivity contribution < 1.29 is 9.90 Å². The van der Waals surface area contributed by atoms with Crippen molar-refractivity contribution in [3.05, 3.63) is 65.2 Å². The van der Waals surface area contributed by atoms with Crippen LogP contribution < -0.4 is 5.01 Å². The summed E-state index contributed by atoms with van der Waals surface area (Å²) in [5.41, 5.74) is 4.39. The third-order valence-electron chi connectivity index (χ3n) is 6.67. The lowest BCUT2D eigenvalue weighted by molar-refractivity contribution is -0.118. The van der Waals surface area contributed by atoms with E-state index in [-0.39, 0.29) is 5.91 Å². The summed E-state index contributed by atoms with van der Waals surface area (Å²) in [5, 5.41) is 14.6. The maximum atomic E-state index is 12.6. The predicted molar refractivity (Wildman–Crippen MR) is 121 cm³/mol. The highest BCUT2D eigenvalue weighted by Crippen LogP contribution is 2.33. The summed E-state index contributed by atoms with van der Waals surface area (Å²) in [6, 6.07) is 16.5. The fourth-order valence-corrected chi connectivity index (χ4v) is 4.92. The van der Waals surface area contributed by atoms with E-state index in [1.807, 2.05) is 29.3 Å². The minimum Gasteiger partial charge on any atom is -0.388 e. The molecule has 2 fully saturated rings. The van der Waals surface area contributed by atoms with Gasteiger partial charge in [-0.15, -0.1) is 0 Å². The highest BCUT2D eigenvalue weighted by molar-refractivity contribution is 5.94. The van der Waals surface area contributed by atoms with Gasteiger partial charge in [-0.05, 0) is 47.6 Å². The number of anilines is 1. The number of hydrazine groups is 1. The van der Waals surface area contributed by atoms with E-state index in [1.54, 1.807) is 0 Å². The molecule has 2 aromatic rings. The molecule has 4 rings (SSSR count). The average Bonchev–Trinajstić information content (AvgIpc) is 3.14. The molecule has 1 aliphatic heterocycles. The molecular weight excluding hydrogens is 372 g/mol. The number of nitrogens with zero attached hydrogens (tertiary/aromatic N) is 2. The highest BCUT2D eigenvalue weighted by Gasteiger charge is 2.30. The number of aliphatic hydroxyl groups is 1. The van der Waals surface area contributed by atoms with Gasteiger partial charge in [0.1, 0.15) is 0 Å². The van der Waals surface area contributed by atoms with Crippen LogP contribution in [-0.4, -0.2) is 22.6 Å². The van der Waals surface area contributed by atoms with E-state index in [0.717, 1.165) is 37.2 Å². The Balaban J connectivity index is 1.44. The Kier molecular flexibility index (Phi) is 6.86. The van der Waals surface area contributed by atoms with E-state index < -0.39 is 6.10 Å². The smallest absolute Gasteiger partial charge is 0.242 e. The van der Waals surface area contributed by atoms with Crippen LogP contribution >= 0.6 is 0 Å². The molecule has 4 heteroatoms. The van der Waals surface area contributed by atoms with E-state index in [4.69, 9.17) is 0 Å². The maximum absolute atomic E-state index is 12.6. The SMILES string of the molecule is CCc1cccc(CN2CCC(=O)N2c2ccc(C(O)CC3CCCCC3)cc2)c1. The van der Waals surface area contributed by atoms with Crippen molar-refractivity contribution in [3.63, 3.8) is 0 Å². The zero-order valence-corrected chi connectivity index (χ0v) is 18.1. The van der Waals surface area contributed by atoms with Crippen LogP contribution in [0.3, 0.4) is 0 Å². The number of hydrogen-bond acceptors (Lipinski definition) is 3. The molecule has 0 bridgehead atoms. The second kappa shape index (κ2) is 9.76. The molecule has 2 aromatic carbocycles. The number of benzene rings is 2. The minimum absolute atomic E-state index is 0.136. The van der Waals surface area contributed by atoms with Crippen molar-refractivity contribution >= 4 is 11.6 Å². The monoisotopic (exact) mass is 406 g/mol. The molecule has 0 radical (unpaired) electrons. The molecule has 1 heterocycles. The summed E-state index contributed by atoms with van der Waals surface area (Å²) in [6.45, 7) is 3.63. The quantitative estimate of drug-likeness (QED) is 0.669. The Morgan fingerprint density at radius 3 is 2.50 bits per heavy atom. The van der Waals surface area contributed by atoms with Gasteiger partial charge in [-0.25, -0.2) is 10.0 Å². The second-order valence-electron chi connectivity index (χ2n) is 8.86. The van der Waals surface area contributed by atoms with E-state index in [1.165, 1.54) is 43.2 Å². The summed E-state index contributed by atoms with van der Waals surface area (Å²) >= 11 is 0. The summed E-state index contributed by atoms with van der Waals surface area (Å²) in [5.74, 6) is 0.778. The van der Waals surface area contributed by atoms with E-state index in [9.17, 15) is 9.90 Å². The zero-order chi connectivity index (χ0) is 20.9. The van der Waals surface area contributed by atoms with Gasteiger partial charge in [-0.1, -0.05) is 75.4 Å². The number of carbonyl (C=O) groups is 1. The van der Waals surface area contributed by atoms with Crippen molar-refractivity contribution in [3.8, 4) is 0 Å². The molecule has 0 aromatic heterocycles. The topological polar surface area (TPSA) is 43.8 Å². The molecule has 1 amide bonds. The minimum atomic E-state index is -0.413. The summed E-state index contributed by atoms with van der Waals surface area (Å²) in [6.07, 6.45) is 8.41. The van der Waals surface area contributed by atoms with E-state index in [2.05, 4.69) is 36.2 Å². The first kappa shape index (κ1) is 21.1. The molecule has 1 N–H and O–H groups in total. The van der Waals surface area contributed by atoms with Crippen LogP contribution in [0.2, 0.25) is 0 Å². The molecule has 0 spiro atoms. The maximum Gasteiger partial charge on any atom is 0.242 e. The number of aliphatic hydroxyl groups excluding tert-OH is 1. The predicted octanol–water partition coefficient (Wildman–Crippen LogP) is 5.41. The van der Waals surface area contributed by atoms with Crippen LogP contribution in [0, 0.1) is 5.92 Å². The lowest BCUT2D eigenvalue weighted by atomic mass is 9.84. The Hall–Kier alpha value is -2.17. The fourth-order valence-electron chi connectivity index (χ4n) is 4.92. The van der Waals surface area contributed by atoms with Crippen LogP contribution in [0.15, 0.2) is 48.5 Å². The van der Waals surface area contributed by atoms with Gasteiger partial charge >= 0.3 is 0 Å². The van der Waals surface area contributed by atoms with Gasteiger partial charge in [0.05, 0.1) is 11.8 Å². The molecule has 160 valence electrons. The number of amides is 1. The zero-order valence-electron chi connectivity index (χ0n) is 18.1. The first-order valence-electron chi connectivity index (χ1n) is 11.6. The number of hydrogen-bond donors (Lipinski definition) is 1. The number of rotatable bonds is 7. The van der Waals surface area contributed by atoms with Crippen LogP contribution in [0.5, 0.6) is 0 Å². The van der Waals surface area contributed by atoms with E-state index in [0.29, 0.717) is 12.3 Å². The highest BCUT2D eigenvalue weighted by atomic mass is 16.3. The van der Waals surface area contributed by atoms with Gasteiger partial charge in [-0.3, -0.25) is 4.79 Å². The van der Waals surface area contributed by atoms with Crippen molar-refractivity contribution in [1.29, 1.82) is 0 Å². The van der Waals surface area contributed by atoms with Gasteiger partial charge in [0.15, 0.2) is 0 Å². The Morgan fingerprint density at radius 2 is 1.77 bits per heavy atom. The van der Waals surface area contributed by atoms with Gasteiger partial charge in [0.2, 0.25) is 5.91 Å². The van der Waals surface area contributed by atoms with Crippen molar-refractivity contribution in [1.82, 2.24) is 5.01 Å². The molecular formula is C26H34N2O2. The third-order valence-corrected chi connectivity index (χ3v) is 6.67. The molecule has 1 unspecified atom stereocenters. The van der Waals surface area contributed by atoms with Crippen molar-refractivity contribution in [2.75, 3.05) is 11.6 Å². The Labute approximate surface area is 180 Å². The molecule has 1 saturated heterocycles. The molecule has 4 nitrogen and oxygen atoms in total. The van der Waals surface area contributed by atoms with Crippen LogP contribution in [-0.2, 0) is 17.8 Å². The van der Waals surface area contributed by atoms with Crippen molar-refractivity contribution in [2.45, 2.75) is 70.9 Å². The number of carbonyl (C=O) groups excluding carboxylic acids is 1. The second-order valence-corrected chi connectivity index (χ2v) is 8.86. The fraction of sp³-hybridized carbons (Fsp3) is 0.500. The molecule has 1 saturated carbocycles. The molecule has 1 atom stereocenters. The van der Waals surface area contributed by atoms with Crippen LogP contribution in [0.25, 0.3) is 0 Å². The van der Waals surface area contributed by atoms with Crippen LogP contribution in [0.4, 0.5) is 5.69 Å². The average molecular weight is 407 g/mol. The van der Waals surface area contributed by atoms with Gasteiger partial charge in [0.25, 0.3) is 0 Å². The lowest BCUT2D eigenvalue weighted by Gasteiger charge is -2.29. The molecule has 1 aliphatic carbocycles. The summed E-state index contributed by atoms with van der Waals surface area (Å²) < 4.78 is 0. The van der Waals surface area contributed by atoms with E-state index >= 15 is 0 Å². The first-order chi connectivity index (χ1) is 14.6. The lowest BCUT2D eigenvalue weighted by Crippen LogP contribution is -2.38. The van der Waals surface area contributed by atoms with Crippen molar-refractivity contribution in [2.24, 2.45) is 5.92 Å². The third kappa shape index (κ3) is 4.93. The Morgan fingerprint density at radius 1 is 1.03 bits per heavy atom. The molecule has 2 aliphatic rings. The number of aryl methyl sites for hydroxylation is 1. The van der Waals surface area contributed by atoms with Gasteiger partial charge in [0, 0.05) is 19.5 Å². The van der Waals surface area contributed by atoms with Crippen LogP contribution in [0.1, 0.15) is 74.7 Å². The Bertz CT molecular complexity index is 842. The normalized spacial score (nSPS) is 19.4. The summed E-state index contributed by atoms with van der Waals surface area (Å²) in [4.78, 5) is 12.6. The van der Waals surface area contributed by atoms with Gasteiger partial charge in [-0.2, -0.15) is 0 Å². The largest absolute Gasteiger partial charge is 0.388 e. The first-order valence-corrected chi connectivity index (χ1v) is 11.6. The summed E-state index contributed by atoms with van der Waals surface area (Å²) in [7, 11) is 0. The standard InChI is InChI=1S/C26H34N2O2/c1-2-20-9-6-10-22(17-20)19-27-16-15-26(30)28(27)24-13-11-23(12-14-24)25(29)18-21-7-4-3-5-8-21/h6,9-14,17,21,25,29H,2-5,7-8,15-16,18-19H2,1H3. The van der Waals surface area contributed by atoms with Gasteiger partial charge < -0.3 is 5.11 Å².